The zero-order valence-corrected chi connectivity index (χ0v) is 12.5. The fraction of sp³-hybridized carbons (Fsp3) is 1.00. The third-order valence-electron chi connectivity index (χ3n) is 3.76. The Morgan fingerprint density at radius 3 is 2.11 bits per heavy atom. The molecular formula is C16H32O2. The Hall–Kier alpha value is -0.0800. The molecule has 1 aliphatic rings. The summed E-state index contributed by atoms with van der Waals surface area (Å²) in [6.07, 6.45) is 15.0. The van der Waals surface area contributed by atoms with Gasteiger partial charge in [-0.1, -0.05) is 58.3 Å². The SMILES string of the molecule is CCCCCCCCCCC[C@H]1OCC[C@@H](C)O1. The van der Waals surface area contributed by atoms with Gasteiger partial charge in [0, 0.05) is 0 Å². The summed E-state index contributed by atoms with van der Waals surface area (Å²) in [6.45, 7) is 5.30. The average molecular weight is 256 g/mol. The third kappa shape index (κ3) is 8.10. The monoisotopic (exact) mass is 256 g/mol. The molecule has 2 heteroatoms. The Balaban J connectivity index is 1.80. The molecule has 0 radical (unpaired) electrons. The van der Waals surface area contributed by atoms with E-state index in [2.05, 4.69) is 13.8 Å². The lowest BCUT2D eigenvalue weighted by Crippen LogP contribution is -2.30. The van der Waals surface area contributed by atoms with Crippen molar-refractivity contribution in [3.05, 3.63) is 0 Å². The second-order valence-corrected chi connectivity index (χ2v) is 5.65. The first-order valence-electron chi connectivity index (χ1n) is 8.10. The summed E-state index contributed by atoms with van der Waals surface area (Å²) >= 11 is 0. The Morgan fingerprint density at radius 1 is 0.889 bits per heavy atom. The quantitative estimate of drug-likeness (QED) is 0.509. The molecule has 0 aromatic carbocycles. The molecule has 0 amide bonds. The van der Waals surface area contributed by atoms with Crippen molar-refractivity contribution < 1.29 is 9.47 Å². The van der Waals surface area contributed by atoms with E-state index in [1.807, 2.05) is 0 Å². The van der Waals surface area contributed by atoms with Gasteiger partial charge in [-0.15, -0.1) is 0 Å². The average Bonchev–Trinajstić information content (AvgIpc) is 2.37. The van der Waals surface area contributed by atoms with Crippen LogP contribution in [0.3, 0.4) is 0 Å². The second-order valence-electron chi connectivity index (χ2n) is 5.65. The van der Waals surface area contributed by atoms with Crippen LogP contribution in [0.5, 0.6) is 0 Å². The molecule has 1 aliphatic heterocycles. The van der Waals surface area contributed by atoms with E-state index in [1.54, 1.807) is 0 Å². The van der Waals surface area contributed by atoms with Gasteiger partial charge >= 0.3 is 0 Å². The molecule has 18 heavy (non-hydrogen) atoms. The molecule has 108 valence electrons. The van der Waals surface area contributed by atoms with Crippen LogP contribution in [-0.2, 0) is 9.47 Å². The molecular weight excluding hydrogens is 224 g/mol. The first-order chi connectivity index (χ1) is 8.83. The van der Waals surface area contributed by atoms with Crippen LogP contribution >= 0.6 is 0 Å². The maximum Gasteiger partial charge on any atom is 0.157 e. The van der Waals surface area contributed by atoms with Gasteiger partial charge in [0.1, 0.15) is 0 Å². The van der Waals surface area contributed by atoms with Crippen molar-refractivity contribution in [2.24, 2.45) is 0 Å². The number of rotatable bonds is 10. The van der Waals surface area contributed by atoms with E-state index in [4.69, 9.17) is 9.47 Å². The van der Waals surface area contributed by atoms with Gasteiger partial charge in [0.15, 0.2) is 6.29 Å². The second kappa shape index (κ2) is 10.8. The molecule has 2 nitrogen and oxygen atoms in total. The van der Waals surface area contributed by atoms with E-state index in [0.717, 1.165) is 19.4 Å². The van der Waals surface area contributed by atoms with Crippen molar-refractivity contribution in [2.45, 2.75) is 96.9 Å². The predicted molar refractivity (Wildman–Crippen MR) is 76.7 cm³/mol. The lowest BCUT2D eigenvalue weighted by Gasteiger charge is -2.28. The van der Waals surface area contributed by atoms with Crippen LogP contribution in [0.4, 0.5) is 0 Å². The molecule has 1 saturated heterocycles. The van der Waals surface area contributed by atoms with Gasteiger partial charge < -0.3 is 9.47 Å². The van der Waals surface area contributed by atoms with Crippen molar-refractivity contribution in [3.63, 3.8) is 0 Å². The van der Waals surface area contributed by atoms with E-state index >= 15 is 0 Å². The molecule has 1 heterocycles. The largest absolute Gasteiger partial charge is 0.353 e. The van der Waals surface area contributed by atoms with Crippen LogP contribution < -0.4 is 0 Å². The van der Waals surface area contributed by atoms with Crippen LogP contribution in [0.25, 0.3) is 0 Å². The smallest absolute Gasteiger partial charge is 0.157 e. The van der Waals surface area contributed by atoms with E-state index in [0.29, 0.717) is 6.10 Å². The first kappa shape index (κ1) is 16.0. The first-order valence-corrected chi connectivity index (χ1v) is 8.10. The van der Waals surface area contributed by atoms with Gasteiger partial charge in [0.25, 0.3) is 0 Å². The van der Waals surface area contributed by atoms with Crippen LogP contribution in [0.15, 0.2) is 0 Å². The minimum atomic E-state index is 0.0818. The summed E-state index contributed by atoms with van der Waals surface area (Å²) in [7, 11) is 0. The van der Waals surface area contributed by atoms with Gasteiger partial charge in [-0.25, -0.2) is 0 Å². The zero-order chi connectivity index (χ0) is 13.1. The lowest BCUT2D eigenvalue weighted by atomic mass is 10.1. The van der Waals surface area contributed by atoms with Crippen molar-refractivity contribution in [2.75, 3.05) is 6.61 Å². The Labute approximate surface area is 113 Å². The van der Waals surface area contributed by atoms with E-state index in [-0.39, 0.29) is 6.29 Å². The summed E-state index contributed by atoms with van der Waals surface area (Å²) in [5.74, 6) is 0. The minimum absolute atomic E-state index is 0.0818. The molecule has 0 bridgehead atoms. The Morgan fingerprint density at radius 2 is 1.50 bits per heavy atom. The van der Waals surface area contributed by atoms with Crippen molar-refractivity contribution in [1.82, 2.24) is 0 Å². The van der Waals surface area contributed by atoms with Crippen molar-refractivity contribution in [1.29, 1.82) is 0 Å². The summed E-state index contributed by atoms with van der Waals surface area (Å²) < 4.78 is 11.3. The highest BCUT2D eigenvalue weighted by Crippen LogP contribution is 2.18. The normalized spacial score (nSPS) is 24.3. The van der Waals surface area contributed by atoms with Gasteiger partial charge in [-0.3, -0.25) is 0 Å². The number of unbranched alkanes of at least 4 members (excludes halogenated alkanes) is 8. The third-order valence-corrected chi connectivity index (χ3v) is 3.76. The standard InChI is InChI=1S/C16H32O2/c1-3-4-5-6-7-8-9-10-11-12-16-17-14-13-15(2)18-16/h15-16H,3-14H2,1-2H3/t15-,16+/m1/s1. The molecule has 0 saturated carbocycles. The summed E-state index contributed by atoms with van der Waals surface area (Å²) in [6, 6.07) is 0. The van der Waals surface area contributed by atoms with E-state index in [9.17, 15) is 0 Å². The highest BCUT2D eigenvalue weighted by molar-refractivity contribution is 4.59. The molecule has 1 rings (SSSR count). The van der Waals surface area contributed by atoms with Crippen LogP contribution in [0.1, 0.15) is 84.5 Å². The van der Waals surface area contributed by atoms with Gasteiger partial charge in [-0.2, -0.15) is 0 Å². The molecule has 0 spiro atoms. The highest BCUT2D eigenvalue weighted by Gasteiger charge is 2.18. The maximum atomic E-state index is 5.74. The van der Waals surface area contributed by atoms with Crippen molar-refractivity contribution in [3.8, 4) is 0 Å². The maximum absolute atomic E-state index is 5.74. The minimum Gasteiger partial charge on any atom is -0.353 e. The molecule has 0 aliphatic carbocycles. The van der Waals surface area contributed by atoms with Crippen LogP contribution in [0, 0.1) is 0 Å². The topological polar surface area (TPSA) is 18.5 Å². The van der Waals surface area contributed by atoms with Gasteiger partial charge in [0.2, 0.25) is 0 Å². The van der Waals surface area contributed by atoms with Crippen molar-refractivity contribution >= 4 is 0 Å². The number of hydrogen-bond donors (Lipinski definition) is 0. The van der Waals surface area contributed by atoms with Gasteiger partial charge in [0.05, 0.1) is 12.7 Å². The molecule has 0 aromatic rings. The summed E-state index contributed by atoms with van der Waals surface area (Å²) in [4.78, 5) is 0. The predicted octanol–water partition coefficient (Wildman–Crippen LogP) is 5.06. The molecule has 1 fully saturated rings. The van der Waals surface area contributed by atoms with Crippen LogP contribution in [0.2, 0.25) is 0 Å². The summed E-state index contributed by atoms with van der Waals surface area (Å²) in [5.41, 5.74) is 0. The molecule has 0 N–H and O–H groups in total. The summed E-state index contributed by atoms with van der Waals surface area (Å²) in [5, 5.41) is 0. The number of ether oxygens (including phenoxy) is 2. The molecule has 2 atom stereocenters. The molecule has 0 aromatic heterocycles. The highest BCUT2D eigenvalue weighted by atomic mass is 16.7. The Kier molecular flexibility index (Phi) is 9.59. The fourth-order valence-corrected chi connectivity index (χ4v) is 2.50. The zero-order valence-electron chi connectivity index (χ0n) is 12.5. The van der Waals surface area contributed by atoms with Crippen LogP contribution in [-0.4, -0.2) is 19.0 Å². The number of hydrogen-bond acceptors (Lipinski definition) is 2. The van der Waals surface area contributed by atoms with E-state index in [1.165, 1.54) is 57.8 Å². The molecule has 0 unspecified atom stereocenters. The fourth-order valence-electron chi connectivity index (χ4n) is 2.50. The Bertz CT molecular complexity index is 182. The lowest BCUT2D eigenvalue weighted by molar-refractivity contribution is -0.210. The van der Waals surface area contributed by atoms with E-state index < -0.39 is 0 Å². The van der Waals surface area contributed by atoms with Gasteiger partial charge in [-0.05, 0) is 26.2 Å².